The van der Waals surface area contributed by atoms with Crippen LogP contribution in [0.3, 0.4) is 0 Å². The van der Waals surface area contributed by atoms with Gasteiger partial charge in [-0.15, -0.1) is 0 Å². The number of rotatable bonds is 4. The first-order valence-corrected chi connectivity index (χ1v) is 9.36. The molecule has 3 rings (SSSR count). The van der Waals surface area contributed by atoms with E-state index in [-0.39, 0.29) is 24.6 Å². The molecule has 1 unspecified atom stereocenters. The van der Waals surface area contributed by atoms with Gasteiger partial charge in [0, 0.05) is 37.8 Å². The number of likely N-dealkylation sites (tertiary alicyclic amines) is 1. The van der Waals surface area contributed by atoms with E-state index in [0.29, 0.717) is 17.5 Å². The molecule has 0 bridgehead atoms. The first-order chi connectivity index (χ1) is 14.0. The molecule has 162 valence electrons. The molecule has 1 N–H and O–H groups in total. The van der Waals surface area contributed by atoms with Crippen LogP contribution < -0.4 is 5.32 Å². The van der Waals surface area contributed by atoms with Crippen LogP contribution in [-0.2, 0) is 6.18 Å². The monoisotopic (exact) mass is 428 g/mol. The third-order valence-electron chi connectivity index (χ3n) is 5.00. The Morgan fingerprint density at radius 3 is 2.60 bits per heavy atom. The third-order valence-corrected chi connectivity index (χ3v) is 5.00. The number of amides is 1. The van der Waals surface area contributed by atoms with Crippen LogP contribution >= 0.6 is 0 Å². The van der Waals surface area contributed by atoms with E-state index in [0.717, 1.165) is 12.1 Å². The second-order valence-corrected chi connectivity index (χ2v) is 7.39. The molecule has 3 heterocycles. The summed E-state index contributed by atoms with van der Waals surface area (Å²) in [5, 5.41) is 2.77. The normalized spacial score (nSPS) is 18.9. The molecule has 1 amide bonds. The van der Waals surface area contributed by atoms with E-state index in [4.69, 9.17) is 0 Å². The highest BCUT2D eigenvalue weighted by Crippen LogP contribution is 2.33. The van der Waals surface area contributed by atoms with Crippen LogP contribution in [0.15, 0.2) is 30.5 Å². The van der Waals surface area contributed by atoms with Gasteiger partial charge in [-0.2, -0.15) is 13.2 Å². The standard InChI is InChI=1S/C20H21F5N4O/c1-12-3-4-13(2)28-17(12)18(30)29-8-7-19(21,22)9-15(29)11-27-16-6-5-14(10-26-16)20(23,24)25/h3-6,10,15H,7-9,11H2,1-2H3,(H,26,27). The summed E-state index contributed by atoms with van der Waals surface area (Å²) < 4.78 is 66.0. The number of nitrogens with zero attached hydrogens (tertiary/aromatic N) is 3. The molecule has 2 aromatic rings. The Bertz CT molecular complexity index is 914. The quantitative estimate of drug-likeness (QED) is 0.731. The summed E-state index contributed by atoms with van der Waals surface area (Å²) in [7, 11) is 0. The van der Waals surface area contributed by atoms with Gasteiger partial charge in [0.05, 0.1) is 11.6 Å². The summed E-state index contributed by atoms with van der Waals surface area (Å²) >= 11 is 0. The number of pyridine rings is 2. The zero-order chi connectivity index (χ0) is 22.1. The third kappa shape index (κ3) is 5.03. The Labute approximate surface area is 170 Å². The van der Waals surface area contributed by atoms with Gasteiger partial charge in [-0.05, 0) is 37.6 Å². The molecule has 1 atom stereocenters. The maximum absolute atomic E-state index is 14.0. The SMILES string of the molecule is Cc1ccc(C)c(C(=O)N2CCC(F)(F)CC2CNc2ccc(C(F)(F)F)cn2)n1. The fraction of sp³-hybridized carbons (Fsp3) is 0.450. The molecule has 1 saturated heterocycles. The van der Waals surface area contributed by atoms with Gasteiger partial charge in [0.25, 0.3) is 11.8 Å². The molecular formula is C20H21F5N4O. The maximum Gasteiger partial charge on any atom is 0.417 e. The number of carbonyl (C=O) groups excluding carboxylic acids is 1. The van der Waals surface area contributed by atoms with Crippen LogP contribution in [0, 0.1) is 13.8 Å². The van der Waals surface area contributed by atoms with E-state index in [1.54, 1.807) is 26.0 Å². The highest BCUT2D eigenvalue weighted by atomic mass is 19.4. The topological polar surface area (TPSA) is 58.1 Å². The van der Waals surface area contributed by atoms with Crippen molar-refractivity contribution in [3.63, 3.8) is 0 Å². The van der Waals surface area contributed by atoms with E-state index in [1.165, 1.54) is 4.90 Å². The molecule has 10 heteroatoms. The summed E-state index contributed by atoms with van der Waals surface area (Å²) in [5.41, 5.74) is 0.571. The number of piperidine rings is 1. The first kappa shape index (κ1) is 21.9. The Morgan fingerprint density at radius 2 is 1.97 bits per heavy atom. The zero-order valence-corrected chi connectivity index (χ0v) is 16.4. The van der Waals surface area contributed by atoms with E-state index < -0.39 is 42.5 Å². The highest BCUT2D eigenvalue weighted by Gasteiger charge is 2.42. The maximum atomic E-state index is 14.0. The smallest absolute Gasteiger partial charge is 0.368 e. The molecule has 0 aromatic carbocycles. The largest absolute Gasteiger partial charge is 0.417 e. The number of hydrogen-bond acceptors (Lipinski definition) is 4. The molecule has 1 aliphatic rings. The van der Waals surface area contributed by atoms with Gasteiger partial charge in [0.1, 0.15) is 11.5 Å². The summed E-state index contributed by atoms with van der Waals surface area (Å²) in [6, 6.07) is 4.61. The molecule has 30 heavy (non-hydrogen) atoms. The fourth-order valence-electron chi connectivity index (χ4n) is 3.34. The van der Waals surface area contributed by atoms with Crippen LogP contribution in [-0.4, -0.2) is 45.8 Å². The minimum Gasteiger partial charge on any atom is -0.368 e. The van der Waals surface area contributed by atoms with E-state index in [2.05, 4.69) is 15.3 Å². The number of anilines is 1. The van der Waals surface area contributed by atoms with Crippen molar-refractivity contribution in [2.24, 2.45) is 0 Å². The lowest BCUT2D eigenvalue weighted by Gasteiger charge is -2.39. The number of carbonyl (C=O) groups is 1. The van der Waals surface area contributed by atoms with Crippen molar-refractivity contribution < 1.29 is 26.7 Å². The molecule has 0 spiro atoms. The van der Waals surface area contributed by atoms with Crippen molar-refractivity contribution in [3.8, 4) is 0 Å². The second-order valence-electron chi connectivity index (χ2n) is 7.39. The summed E-state index contributed by atoms with van der Waals surface area (Å²) in [6.45, 7) is 3.23. The second kappa shape index (κ2) is 8.16. The fourth-order valence-corrected chi connectivity index (χ4v) is 3.34. The number of halogens is 5. The van der Waals surface area contributed by atoms with E-state index >= 15 is 0 Å². The van der Waals surface area contributed by atoms with E-state index in [1.807, 2.05) is 0 Å². The Hall–Kier alpha value is -2.78. The van der Waals surface area contributed by atoms with Gasteiger partial charge in [0.2, 0.25) is 0 Å². The molecule has 0 radical (unpaired) electrons. The summed E-state index contributed by atoms with van der Waals surface area (Å²) in [5.74, 6) is -3.28. The molecule has 1 fully saturated rings. The average molecular weight is 428 g/mol. The molecular weight excluding hydrogens is 407 g/mol. The Morgan fingerprint density at radius 1 is 1.23 bits per heavy atom. The molecule has 2 aromatic heterocycles. The first-order valence-electron chi connectivity index (χ1n) is 9.36. The van der Waals surface area contributed by atoms with Crippen molar-refractivity contribution in [3.05, 3.63) is 53.0 Å². The molecule has 5 nitrogen and oxygen atoms in total. The van der Waals surface area contributed by atoms with Crippen LogP contribution in [0.2, 0.25) is 0 Å². The van der Waals surface area contributed by atoms with Crippen LogP contribution in [0.5, 0.6) is 0 Å². The number of hydrogen-bond donors (Lipinski definition) is 1. The highest BCUT2D eigenvalue weighted by molar-refractivity contribution is 5.94. The van der Waals surface area contributed by atoms with Crippen LogP contribution in [0.25, 0.3) is 0 Å². The lowest BCUT2D eigenvalue weighted by Crippen LogP contribution is -2.52. The van der Waals surface area contributed by atoms with Crippen LogP contribution in [0.4, 0.5) is 27.8 Å². The molecule has 1 aliphatic heterocycles. The summed E-state index contributed by atoms with van der Waals surface area (Å²) in [6.07, 6.45) is -4.87. The molecule has 0 saturated carbocycles. The van der Waals surface area contributed by atoms with Crippen molar-refractivity contribution in [1.29, 1.82) is 0 Å². The summed E-state index contributed by atoms with van der Waals surface area (Å²) in [4.78, 5) is 22.3. The van der Waals surface area contributed by atoms with Crippen molar-refractivity contribution >= 4 is 11.7 Å². The predicted octanol–water partition coefficient (Wildman–Crippen LogP) is 4.46. The van der Waals surface area contributed by atoms with Gasteiger partial charge >= 0.3 is 6.18 Å². The minimum atomic E-state index is -4.52. The zero-order valence-electron chi connectivity index (χ0n) is 16.4. The van der Waals surface area contributed by atoms with Gasteiger partial charge < -0.3 is 10.2 Å². The lowest BCUT2D eigenvalue weighted by molar-refractivity contribution is -0.137. The van der Waals surface area contributed by atoms with E-state index in [9.17, 15) is 26.7 Å². The number of aromatic nitrogens is 2. The van der Waals surface area contributed by atoms with Gasteiger partial charge in [0.15, 0.2) is 0 Å². The minimum absolute atomic E-state index is 0.0788. The van der Waals surface area contributed by atoms with Crippen molar-refractivity contribution in [1.82, 2.24) is 14.9 Å². The Balaban J connectivity index is 1.77. The van der Waals surface area contributed by atoms with Crippen molar-refractivity contribution in [2.75, 3.05) is 18.4 Å². The number of aryl methyl sites for hydroxylation is 2. The lowest BCUT2D eigenvalue weighted by atomic mass is 9.97. The van der Waals surface area contributed by atoms with Crippen molar-refractivity contribution in [2.45, 2.75) is 44.8 Å². The van der Waals surface area contributed by atoms with Gasteiger partial charge in [-0.3, -0.25) is 4.79 Å². The predicted molar refractivity (Wildman–Crippen MR) is 100 cm³/mol. The van der Waals surface area contributed by atoms with Crippen LogP contribution in [0.1, 0.15) is 40.2 Å². The van der Waals surface area contributed by atoms with Gasteiger partial charge in [-0.1, -0.05) is 6.07 Å². The Kier molecular flexibility index (Phi) is 5.96. The molecule has 0 aliphatic carbocycles. The number of nitrogens with one attached hydrogen (secondary N) is 1. The number of alkyl halides is 5. The van der Waals surface area contributed by atoms with Gasteiger partial charge in [-0.25, -0.2) is 18.7 Å². The average Bonchev–Trinajstić information content (AvgIpc) is 2.67.